The summed E-state index contributed by atoms with van der Waals surface area (Å²) in [5.41, 5.74) is 4.53. The maximum absolute atomic E-state index is 14.1. The molecule has 0 saturated carbocycles. The summed E-state index contributed by atoms with van der Waals surface area (Å²) < 4.78 is 27.4. The monoisotopic (exact) mass is 547 g/mol. The minimum Gasteiger partial charge on any atom is -0.376 e. The molecule has 0 radical (unpaired) electrons. The van der Waals surface area contributed by atoms with Crippen molar-refractivity contribution in [3.05, 3.63) is 93.5 Å². The molecule has 2 N–H and O–H groups in total. The third-order valence-electron chi connectivity index (χ3n) is 6.04. The van der Waals surface area contributed by atoms with Crippen LogP contribution in [0, 0.1) is 17.6 Å². The first-order valence-corrected chi connectivity index (χ1v) is 12.5. The lowest BCUT2D eigenvalue weighted by molar-refractivity contribution is -0.132. The molecule has 1 saturated heterocycles. The fourth-order valence-electron chi connectivity index (χ4n) is 4.21. The normalized spacial score (nSPS) is 15.5. The van der Waals surface area contributed by atoms with E-state index in [1.54, 1.807) is 12.1 Å². The Labute approximate surface area is 223 Å². The highest BCUT2D eigenvalue weighted by molar-refractivity contribution is 6.40. The van der Waals surface area contributed by atoms with Gasteiger partial charge in [-0.2, -0.15) is 0 Å². The van der Waals surface area contributed by atoms with Crippen molar-refractivity contribution < 1.29 is 23.2 Å². The minimum absolute atomic E-state index is 0.0535. The van der Waals surface area contributed by atoms with E-state index in [2.05, 4.69) is 10.8 Å². The number of amides is 2. The van der Waals surface area contributed by atoms with Gasteiger partial charge in [0.15, 0.2) is 0 Å². The summed E-state index contributed by atoms with van der Waals surface area (Å²) in [6.45, 7) is 0.440. The van der Waals surface area contributed by atoms with Crippen LogP contribution in [0.4, 0.5) is 20.2 Å². The first-order chi connectivity index (χ1) is 17.8. The van der Waals surface area contributed by atoms with Crippen LogP contribution in [-0.4, -0.2) is 24.9 Å². The van der Waals surface area contributed by atoms with Crippen LogP contribution in [0.3, 0.4) is 0 Å². The molecule has 0 aliphatic carbocycles. The van der Waals surface area contributed by atoms with Crippen molar-refractivity contribution >= 4 is 46.4 Å². The zero-order chi connectivity index (χ0) is 26.4. The van der Waals surface area contributed by atoms with Crippen molar-refractivity contribution in [3.63, 3.8) is 0 Å². The zero-order valence-electron chi connectivity index (χ0n) is 19.8. The lowest BCUT2D eigenvalue weighted by atomic mass is 9.90. The first-order valence-electron chi connectivity index (χ1n) is 11.7. The second-order valence-corrected chi connectivity index (χ2v) is 9.60. The topological polar surface area (TPSA) is 70.7 Å². The van der Waals surface area contributed by atoms with Crippen LogP contribution < -0.4 is 15.7 Å². The third-order valence-corrected chi connectivity index (χ3v) is 6.62. The summed E-state index contributed by atoms with van der Waals surface area (Å²) in [6, 6.07) is 16.1. The van der Waals surface area contributed by atoms with Gasteiger partial charge < -0.3 is 10.2 Å². The van der Waals surface area contributed by atoms with Gasteiger partial charge in [0.05, 0.1) is 28.9 Å². The van der Waals surface area contributed by atoms with Crippen molar-refractivity contribution in [1.29, 1.82) is 0 Å². The van der Waals surface area contributed by atoms with Crippen molar-refractivity contribution in [2.45, 2.75) is 25.9 Å². The smallest absolute Gasteiger partial charge is 0.262 e. The van der Waals surface area contributed by atoms with E-state index >= 15 is 0 Å². The van der Waals surface area contributed by atoms with E-state index in [9.17, 15) is 18.4 Å². The van der Waals surface area contributed by atoms with E-state index in [0.29, 0.717) is 36.3 Å². The Hall–Kier alpha value is -3.20. The second-order valence-electron chi connectivity index (χ2n) is 8.79. The van der Waals surface area contributed by atoms with Gasteiger partial charge in [-0.15, -0.1) is 0 Å². The molecule has 3 aromatic rings. The van der Waals surface area contributed by atoms with Gasteiger partial charge in [0, 0.05) is 24.7 Å². The van der Waals surface area contributed by atoms with Gasteiger partial charge >= 0.3 is 0 Å². The molecule has 37 heavy (non-hydrogen) atoms. The van der Waals surface area contributed by atoms with E-state index in [4.69, 9.17) is 28.0 Å². The Kier molecular flexibility index (Phi) is 8.97. The highest BCUT2D eigenvalue weighted by atomic mass is 35.5. The lowest BCUT2D eigenvalue weighted by Crippen LogP contribution is -2.41. The summed E-state index contributed by atoms with van der Waals surface area (Å²) in [6.07, 6.45) is 1.18. The fraction of sp³-hybridized carbons (Fsp3) is 0.259. The quantitative estimate of drug-likeness (QED) is 0.326. The van der Waals surface area contributed by atoms with E-state index < -0.39 is 17.5 Å². The van der Waals surface area contributed by atoms with Crippen LogP contribution in [0.1, 0.15) is 24.0 Å². The molecule has 0 bridgehead atoms. The average Bonchev–Trinajstić information content (AvgIpc) is 2.86. The summed E-state index contributed by atoms with van der Waals surface area (Å²) in [5.74, 6) is -1.83. The summed E-state index contributed by atoms with van der Waals surface area (Å²) in [5, 5.41) is 3.40. The average molecular weight is 548 g/mol. The number of rotatable bonds is 9. The Bertz CT molecular complexity index is 1250. The number of halogens is 4. The number of nitrogens with one attached hydrogen (secondary N) is 2. The number of hydroxylamine groups is 1. The largest absolute Gasteiger partial charge is 0.376 e. The molecule has 1 aliphatic heterocycles. The highest BCUT2D eigenvalue weighted by Gasteiger charge is 2.30. The van der Waals surface area contributed by atoms with E-state index in [1.807, 2.05) is 30.3 Å². The molecule has 1 unspecified atom stereocenters. The van der Waals surface area contributed by atoms with E-state index in [0.717, 1.165) is 11.6 Å². The molecule has 194 valence electrons. The molecule has 3 aromatic carbocycles. The van der Waals surface area contributed by atoms with Crippen LogP contribution in [0.25, 0.3) is 0 Å². The van der Waals surface area contributed by atoms with Gasteiger partial charge in [0.1, 0.15) is 11.6 Å². The number of nitrogens with zero attached hydrogens (tertiary/aromatic N) is 1. The number of carbonyl (C=O) groups excluding carboxylic acids is 2. The maximum atomic E-state index is 14.1. The zero-order valence-corrected chi connectivity index (χ0v) is 21.3. The number of benzene rings is 3. The molecule has 1 heterocycles. The molecule has 1 fully saturated rings. The number of carbonyl (C=O) groups is 2. The molecular formula is C27H25Cl2F2N3O3. The third kappa shape index (κ3) is 7.19. The van der Waals surface area contributed by atoms with Crippen LogP contribution in [0.5, 0.6) is 0 Å². The van der Waals surface area contributed by atoms with Gasteiger partial charge in [0.2, 0.25) is 5.91 Å². The van der Waals surface area contributed by atoms with Gasteiger partial charge in [-0.05, 0) is 48.1 Å². The van der Waals surface area contributed by atoms with Crippen LogP contribution in [-0.2, 0) is 27.5 Å². The van der Waals surface area contributed by atoms with Gasteiger partial charge in [-0.1, -0.05) is 59.6 Å². The number of anilines is 2. The van der Waals surface area contributed by atoms with Crippen LogP contribution >= 0.6 is 23.2 Å². The Morgan fingerprint density at radius 1 is 1.05 bits per heavy atom. The summed E-state index contributed by atoms with van der Waals surface area (Å²) in [7, 11) is 0. The molecule has 2 amide bonds. The Balaban J connectivity index is 1.35. The molecule has 4 rings (SSSR count). The van der Waals surface area contributed by atoms with E-state index in [-0.39, 0.29) is 41.4 Å². The second kappa shape index (κ2) is 12.4. The molecule has 1 aliphatic rings. The Morgan fingerprint density at radius 3 is 2.49 bits per heavy atom. The van der Waals surface area contributed by atoms with Crippen molar-refractivity contribution in [2.75, 3.05) is 23.3 Å². The molecule has 0 spiro atoms. The molecule has 1 atom stereocenters. The van der Waals surface area contributed by atoms with E-state index in [1.165, 1.54) is 17.0 Å². The van der Waals surface area contributed by atoms with Crippen LogP contribution in [0.15, 0.2) is 60.7 Å². The van der Waals surface area contributed by atoms with Crippen molar-refractivity contribution in [2.24, 2.45) is 5.92 Å². The molecule has 10 heteroatoms. The fourth-order valence-corrected chi connectivity index (χ4v) is 4.90. The molecule has 0 aromatic heterocycles. The number of hydrogen-bond donors (Lipinski definition) is 2. The highest BCUT2D eigenvalue weighted by Crippen LogP contribution is 2.39. The SMILES string of the molecule is O=C(CNc1cc(Cl)c(N2CC(Cc3ccc(F)cc3F)CCC2=O)c(Cl)c1)NOCc1ccccc1. The summed E-state index contributed by atoms with van der Waals surface area (Å²) >= 11 is 13.0. The number of piperidine rings is 1. The standard InChI is InChI=1S/C27H25Cl2F2N3O3/c28-22-12-21(32-14-25(35)33-37-16-17-4-2-1-3-5-17)13-23(29)27(22)34-15-18(6-9-26(34)36)10-19-7-8-20(30)11-24(19)31/h1-5,7-8,11-13,18,32H,6,9-10,14-16H2,(H,33,35). The van der Waals surface area contributed by atoms with Crippen molar-refractivity contribution in [1.82, 2.24) is 5.48 Å². The van der Waals surface area contributed by atoms with Gasteiger partial charge in [0.25, 0.3) is 5.91 Å². The summed E-state index contributed by atoms with van der Waals surface area (Å²) in [4.78, 5) is 31.5. The van der Waals surface area contributed by atoms with Gasteiger partial charge in [-0.3, -0.25) is 14.4 Å². The maximum Gasteiger partial charge on any atom is 0.262 e. The lowest BCUT2D eigenvalue weighted by Gasteiger charge is -2.34. The predicted molar refractivity (Wildman–Crippen MR) is 139 cm³/mol. The minimum atomic E-state index is -0.633. The number of hydrogen-bond acceptors (Lipinski definition) is 4. The molecule has 6 nitrogen and oxygen atoms in total. The Morgan fingerprint density at radius 2 is 1.78 bits per heavy atom. The van der Waals surface area contributed by atoms with Crippen LogP contribution in [0.2, 0.25) is 10.0 Å². The van der Waals surface area contributed by atoms with Crippen molar-refractivity contribution in [3.8, 4) is 0 Å². The molecular weight excluding hydrogens is 523 g/mol. The first kappa shape index (κ1) is 26.9. The predicted octanol–water partition coefficient (Wildman–Crippen LogP) is 5.92. The van der Waals surface area contributed by atoms with Gasteiger partial charge in [-0.25, -0.2) is 14.3 Å².